The lowest BCUT2D eigenvalue weighted by Gasteiger charge is -2.20. The molecule has 0 saturated carbocycles. The minimum absolute atomic E-state index is 0.128. The van der Waals surface area contributed by atoms with E-state index >= 15 is 0 Å². The second-order valence-corrected chi connectivity index (χ2v) is 6.90. The van der Waals surface area contributed by atoms with E-state index in [0.29, 0.717) is 36.7 Å². The average Bonchev–Trinajstić information content (AvgIpc) is 3.12. The number of methoxy groups -OCH3 is 2. The molecule has 1 aliphatic carbocycles. The molecule has 0 heterocycles. The van der Waals surface area contributed by atoms with E-state index in [1.165, 1.54) is 0 Å². The Morgan fingerprint density at radius 3 is 2.45 bits per heavy atom. The molecule has 0 amide bonds. The molecule has 6 heteroatoms. The number of carbonyl (C=O) groups excluding carboxylic acids is 2. The molecule has 0 fully saturated rings. The summed E-state index contributed by atoms with van der Waals surface area (Å²) in [6.07, 6.45) is 1.20. The van der Waals surface area contributed by atoms with Gasteiger partial charge in [0.25, 0.3) is 0 Å². The van der Waals surface area contributed by atoms with Gasteiger partial charge in [-0.05, 0) is 43.5 Å². The fraction of sp³-hybridized carbons (Fsp3) is 0.391. The van der Waals surface area contributed by atoms with Gasteiger partial charge in [0.2, 0.25) is 5.75 Å². The molecule has 154 valence electrons. The molecule has 0 N–H and O–H groups in total. The smallest absolute Gasteiger partial charge is 0.312 e. The molecule has 2 aromatic carbocycles. The lowest BCUT2D eigenvalue weighted by molar-refractivity contribution is -0.148. The maximum atomic E-state index is 12.2. The zero-order valence-corrected chi connectivity index (χ0v) is 17.2. The van der Waals surface area contributed by atoms with Crippen LogP contribution in [0.4, 0.5) is 0 Å². The Hall–Kier alpha value is -3.02. The molecule has 0 aromatic heterocycles. The lowest BCUT2D eigenvalue weighted by atomic mass is 9.95. The summed E-state index contributed by atoms with van der Waals surface area (Å²) in [4.78, 5) is 24.2. The number of Topliss-reactive ketones (excluding diaryl/α,β-unsaturated/α-hetero) is 1. The van der Waals surface area contributed by atoms with E-state index in [4.69, 9.17) is 18.9 Å². The van der Waals surface area contributed by atoms with Gasteiger partial charge < -0.3 is 18.9 Å². The summed E-state index contributed by atoms with van der Waals surface area (Å²) in [5.41, 5.74) is 3.48. The molecule has 0 spiro atoms. The minimum Gasteiger partial charge on any atom is -0.493 e. The highest BCUT2D eigenvalue weighted by Gasteiger charge is 2.26. The Bertz CT molecular complexity index is 918. The standard InChI is InChI=1S/C23H26O6/c1-5-28-23(25)14(2)13-29-21-18(10-12-20(26-3)22(21)27-4)15-7-6-8-17-16(15)9-11-19(17)24/h6-8,10,12,14H,5,9,11,13H2,1-4H3/t14-/m0/s1. The third-order valence-electron chi connectivity index (χ3n) is 5.04. The van der Waals surface area contributed by atoms with Crippen molar-refractivity contribution in [3.8, 4) is 28.4 Å². The zero-order chi connectivity index (χ0) is 21.0. The number of esters is 1. The highest BCUT2D eigenvalue weighted by Crippen LogP contribution is 2.46. The zero-order valence-electron chi connectivity index (χ0n) is 17.2. The number of ether oxygens (including phenoxy) is 4. The first-order valence-corrected chi connectivity index (χ1v) is 9.71. The second kappa shape index (κ2) is 8.99. The van der Waals surface area contributed by atoms with Gasteiger partial charge in [-0.25, -0.2) is 0 Å². The van der Waals surface area contributed by atoms with Crippen LogP contribution in [0.25, 0.3) is 11.1 Å². The first-order chi connectivity index (χ1) is 14.0. The highest BCUT2D eigenvalue weighted by molar-refractivity contribution is 6.02. The SMILES string of the molecule is CCOC(=O)[C@@H](C)COc1c(-c2cccc3c2CCC3=O)ccc(OC)c1OC. The van der Waals surface area contributed by atoms with E-state index in [1.807, 2.05) is 30.3 Å². The first kappa shape index (κ1) is 20.7. The molecule has 1 atom stereocenters. The minimum atomic E-state index is -0.443. The maximum Gasteiger partial charge on any atom is 0.312 e. The third kappa shape index (κ3) is 4.06. The number of ketones is 1. The number of hydrogen-bond acceptors (Lipinski definition) is 6. The van der Waals surface area contributed by atoms with Gasteiger partial charge in [-0.15, -0.1) is 0 Å². The third-order valence-corrected chi connectivity index (χ3v) is 5.04. The van der Waals surface area contributed by atoms with Crippen LogP contribution in [0.3, 0.4) is 0 Å². The molecule has 0 unspecified atom stereocenters. The molecule has 3 rings (SSSR count). The van der Waals surface area contributed by atoms with E-state index in [9.17, 15) is 9.59 Å². The Balaban J connectivity index is 2.05. The van der Waals surface area contributed by atoms with E-state index in [1.54, 1.807) is 28.1 Å². The predicted molar refractivity (Wildman–Crippen MR) is 109 cm³/mol. The average molecular weight is 398 g/mol. The molecule has 1 aliphatic rings. The molecular formula is C23H26O6. The summed E-state index contributed by atoms with van der Waals surface area (Å²) in [7, 11) is 3.10. The van der Waals surface area contributed by atoms with Crippen LogP contribution in [0.5, 0.6) is 17.2 Å². The summed E-state index contributed by atoms with van der Waals surface area (Å²) in [6, 6.07) is 9.41. The van der Waals surface area contributed by atoms with Crippen molar-refractivity contribution in [2.24, 2.45) is 5.92 Å². The van der Waals surface area contributed by atoms with Crippen LogP contribution in [-0.4, -0.2) is 39.2 Å². The van der Waals surface area contributed by atoms with E-state index in [-0.39, 0.29) is 18.4 Å². The number of fused-ring (bicyclic) bond motifs is 1. The second-order valence-electron chi connectivity index (χ2n) is 6.90. The van der Waals surface area contributed by atoms with Gasteiger partial charge in [0.05, 0.1) is 26.7 Å². The number of rotatable bonds is 8. The van der Waals surface area contributed by atoms with Crippen molar-refractivity contribution in [1.82, 2.24) is 0 Å². The molecule has 0 radical (unpaired) electrons. The fourth-order valence-corrected chi connectivity index (χ4v) is 3.56. The van der Waals surface area contributed by atoms with Gasteiger partial charge in [-0.3, -0.25) is 9.59 Å². The van der Waals surface area contributed by atoms with Crippen LogP contribution in [0.15, 0.2) is 30.3 Å². The van der Waals surface area contributed by atoms with Crippen molar-refractivity contribution in [2.45, 2.75) is 26.7 Å². The van der Waals surface area contributed by atoms with Gasteiger partial charge in [-0.2, -0.15) is 0 Å². The van der Waals surface area contributed by atoms with E-state index < -0.39 is 5.92 Å². The predicted octanol–water partition coefficient (Wildman–Crippen LogP) is 4.08. The maximum absolute atomic E-state index is 12.2. The lowest BCUT2D eigenvalue weighted by Crippen LogP contribution is -2.21. The molecule has 29 heavy (non-hydrogen) atoms. The Kier molecular flexibility index (Phi) is 6.42. The van der Waals surface area contributed by atoms with Crippen molar-refractivity contribution in [2.75, 3.05) is 27.4 Å². The van der Waals surface area contributed by atoms with Crippen LogP contribution in [0, 0.1) is 5.92 Å². The van der Waals surface area contributed by atoms with E-state index in [0.717, 1.165) is 22.3 Å². The van der Waals surface area contributed by atoms with Crippen molar-refractivity contribution >= 4 is 11.8 Å². The molecule has 2 aromatic rings. The Morgan fingerprint density at radius 2 is 1.76 bits per heavy atom. The number of carbonyl (C=O) groups is 2. The van der Waals surface area contributed by atoms with Crippen molar-refractivity contribution in [3.05, 3.63) is 41.5 Å². The monoisotopic (exact) mass is 398 g/mol. The van der Waals surface area contributed by atoms with Gasteiger partial charge in [0.1, 0.15) is 6.61 Å². The normalized spacial score (nSPS) is 13.6. The molecule has 6 nitrogen and oxygen atoms in total. The van der Waals surface area contributed by atoms with Crippen LogP contribution in [0.2, 0.25) is 0 Å². The molecular weight excluding hydrogens is 372 g/mol. The van der Waals surface area contributed by atoms with Crippen LogP contribution < -0.4 is 14.2 Å². The highest BCUT2D eigenvalue weighted by atomic mass is 16.5. The van der Waals surface area contributed by atoms with Gasteiger partial charge in [0.15, 0.2) is 17.3 Å². The first-order valence-electron chi connectivity index (χ1n) is 9.71. The fourth-order valence-electron chi connectivity index (χ4n) is 3.56. The topological polar surface area (TPSA) is 71.1 Å². The van der Waals surface area contributed by atoms with Crippen LogP contribution >= 0.6 is 0 Å². The van der Waals surface area contributed by atoms with Crippen molar-refractivity contribution < 1.29 is 28.5 Å². The molecule has 0 saturated heterocycles. The summed E-state index contributed by atoms with van der Waals surface area (Å²) < 4.78 is 22.1. The van der Waals surface area contributed by atoms with Crippen molar-refractivity contribution in [3.63, 3.8) is 0 Å². The van der Waals surface area contributed by atoms with E-state index in [2.05, 4.69) is 0 Å². The van der Waals surface area contributed by atoms with Crippen LogP contribution in [0.1, 0.15) is 36.2 Å². The Labute approximate surface area is 170 Å². The Morgan fingerprint density at radius 1 is 1.00 bits per heavy atom. The van der Waals surface area contributed by atoms with Crippen LogP contribution in [-0.2, 0) is 16.0 Å². The number of benzene rings is 2. The largest absolute Gasteiger partial charge is 0.493 e. The molecule has 0 bridgehead atoms. The van der Waals surface area contributed by atoms with Gasteiger partial charge in [-0.1, -0.05) is 18.2 Å². The number of hydrogen-bond donors (Lipinski definition) is 0. The van der Waals surface area contributed by atoms with Crippen molar-refractivity contribution in [1.29, 1.82) is 0 Å². The summed E-state index contributed by atoms with van der Waals surface area (Å²) in [6.45, 7) is 3.97. The summed E-state index contributed by atoms with van der Waals surface area (Å²) in [5.74, 6) is 0.849. The summed E-state index contributed by atoms with van der Waals surface area (Å²) in [5, 5.41) is 0. The molecule has 0 aliphatic heterocycles. The van der Waals surface area contributed by atoms with Gasteiger partial charge in [0, 0.05) is 17.5 Å². The quantitative estimate of drug-likeness (QED) is 0.624. The van der Waals surface area contributed by atoms with Gasteiger partial charge >= 0.3 is 5.97 Å². The summed E-state index contributed by atoms with van der Waals surface area (Å²) >= 11 is 0.